The Morgan fingerprint density at radius 1 is 0.909 bits per heavy atom. The predicted molar refractivity (Wildman–Crippen MR) is 133 cm³/mol. The molecule has 0 aliphatic heterocycles. The molecule has 0 amide bonds. The third-order valence-electron chi connectivity index (χ3n) is 13.5. The summed E-state index contributed by atoms with van der Waals surface area (Å²) in [6.07, 6.45) is 12.0. The maximum absolute atomic E-state index is 12.5. The molecule has 5 aliphatic rings. The van der Waals surface area contributed by atoms with Gasteiger partial charge in [-0.1, -0.05) is 53.2 Å². The number of carboxylic acid groups (broad SMARTS) is 1. The fourth-order valence-electron chi connectivity index (χ4n) is 10.8. The van der Waals surface area contributed by atoms with Crippen molar-refractivity contribution < 1.29 is 15.0 Å². The van der Waals surface area contributed by atoms with Crippen LogP contribution in [-0.4, -0.2) is 22.3 Å². The number of rotatable bonds is 1. The van der Waals surface area contributed by atoms with E-state index in [-0.39, 0.29) is 22.2 Å². The Bertz CT molecular complexity index is 878. The van der Waals surface area contributed by atoms with Crippen molar-refractivity contribution in [2.45, 2.75) is 112 Å². The predicted octanol–water partition coefficient (Wildman–Crippen LogP) is 7.09. The van der Waals surface area contributed by atoms with Crippen molar-refractivity contribution in [2.75, 3.05) is 0 Å². The molecule has 5 rings (SSSR count). The molecule has 0 heterocycles. The van der Waals surface area contributed by atoms with Crippen LogP contribution in [0, 0.1) is 56.7 Å². The second kappa shape index (κ2) is 7.11. The average Bonchev–Trinajstić information content (AvgIpc) is 2.75. The van der Waals surface area contributed by atoms with Crippen LogP contribution in [-0.2, 0) is 4.79 Å². The van der Waals surface area contributed by atoms with Gasteiger partial charge in [-0.25, -0.2) is 0 Å². The van der Waals surface area contributed by atoms with E-state index in [2.05, 4.69) is 47.6 Å². The largest absolute Gasteiger partial charge is 0.481 e. The minimum atomic E-state index is -1.03. The Morgan fingerprint density at radius 2 is 1.61 bits per heavy atom. The van der Waals surface area contributed by atoms with Crippen LogP contribution in [0.2, 0.25) is 0 Å². The van der Waals surface area contributed by atoms with Crippen LogP contribution in [0.25, 0.3) is 0 Å². The van der Waals surface area contributed by atoms with Gasteiger partial charge in [0.05, 0.1) is 11.5 Å². The molecule has 186 valence electrons. The van der Waals surface area contributed by atoms with Gasteiger partial charge in [0.15, 0.2) is 0 Å². The van der Waals surface area contributed by atoms with Gasteiger partial charge in [-0.3, -0.25) is 4.79 Å². The Balaban J connectivity index is 1.60. The molecule has 0 aromatic carbocycles. The molecule has 3 nitrogen and oxygen atoms in total. The van der Waals surface area contributed by atoms with Gasteiger partial charge in [-0.05, 0) is 116 Å². The third-order valence-corrected chi connectivity index (χ3v) is 13.5. The molecule has 33 heavy (non-hydrogen) atoms. The van der Waals surface area contributed by atoms with E-state index >= 15 is 0 Å². The van der Waals surface area contributed by atoms with Crippen LogP contribution < -0.4 is 0 Å². The van der Waals surface area contributed by atoms with Crippen molar-refractivity contribution >= 4 is 5.97 Å². The first-order chi connectivity index (χ1) is 15.3. The number of allylic oxidation sites excluding steroid dienone is 2. The highest BCUT2D eigenvalue weighted by molar-refractivity contribution is 5.76. The monoisotopic (exact) mass is 456 g/mol. The standard InChI is InChI=1S/C30H48O3/c1-18-10-13-26(3)16-17-28(5)20(24(26)19(18)2)8-9-21-27(4)14-12-23(31)30(7,25(32)33)22(27)11-15-29(21,28)6/h8,18-19,21-24,31H,9-17H2,1-7H3,(H,32,33)/t18-,19+,21-,22+,23+,24+,26-,27-,28-,29-,30-/m1/s1. The fraction of sp³-hybridized carbons (Fsp3) is 0.900. The highest BCUT2D eigenvalue weighted by Gasteiger charge is 2.69. The number of carboxylic acids is 1. The summed E-state index contributed by atoms with van der Waals surface area (Å²) in [6.45, 7) is 17.0. The first kappa shape index (κ1) is 23.9. The van der Waals surface area contributed by atoms with Crippen LogP contribution in [0.4, 0.5) is 0 Å². The molecule has 3 heteroatoms. The average molecular weight is 457 g/mol. The van der Waals surface area contributed by atoms with E-state index in [1.54, 1.807) is 5.57 Å². The van der Waals surface area contributed by atoms with Crippen molar-refractivity contribution in [1.29, 1.82) is 0 Å². The zero-order valence-corrected chi connectivity index (χ0v) is 22.2. The quantitative estimate of drug-likeness (QED) is 0.414. The summed E-state index contributed by atoms with van der Waals surface area (Å²) in [7, 11) is 0. The second-order valence-corrected chi connectivity index (χ2v) is 14.4. The molecule has 4 saturated carbocycles. The van der Waals surface area contributed by atoms with Crippen LogP contribution in [0.15, 0.2) is 11.6 Å². The normalized spacial score (nSPS) is 58.2. The van der Waals surface area contributed by atoms with E-state index in [9.17, 15) is 15.0 Å². The number of fused-ring (bicyclic) bond motifs is 7. The van der Waals surface area contributed by atoms with E-state index in [0.717, 1.165) is 37.5 Å². The van der Waals surface area contributed by atoms with Gasteiger partial charge < -0.3 is 10.2 Å². The molecule has 5 aliphatic carbocycles. The zero-order chi connectivity index (χ0) is 24.2. The summed E-state index contributed by atoms with van der Waals surface area (Å²) >= 11 is 0. The van der Waals surface area contributed by atoms with Crippen molar-refractivity contribution in [2.24, 2.45) is 56.7 Å². The van der Waals surface area contributed by atoms with Crippen molar-refractivity contribution in [3.8, 4) is 0 Å². The van der Waals surface area contributed by atoms with E-state index in [4.69, 9.17) is 0 Å². The molecule has 4 fully saturated rings. The lowest BCUT2D eigenvalue weighted by Crippen LogP contribution is -2.66. The molecule has 2 N–H and O–H groups in total. The van der Waals surface area contributed by atoms with Gasteiger partial charge in [-0.2, -0.15) is 0 Å². The van der Waals surface area contributed by atoms with Crippen LogP contribution in [0.1, 0.15) is 106 Å². The Kier molecular flexibility index (Phi) is 5.15. The van der Waals surface area contributed by atoms with Crippen molar-refractivity contribution in [3.63, 3.8) is 0 Å². The minimum Gasteiger partial charge on any atom is -0.481 e. The first-order valence-electron chi connectivity index (χ1n) is 13.9. The number of carbonyl (C=O) groups is 1. The van der Waals surface area contributed by atoms with E-state index in [1.165, 1.54) is 25.7 Å². The molecule has 0 saturated heterocycles. The lowest BCUT2D eigenvalue weighted by Gasteiger charge is -2.71. The molecule has 0 spiro atoms. The van der Waals surface area contributed by atoms with E-state index in [1.807, 2.05) is 6.92 Å². The summed E-state index contributed by atoms with van der Waals surface area (Å²) < 4.78 is 0. The van der Waals surface area contributed by atoms with Crippen molar-refractivity contribution in [1.82, 2.24) is 0 Å². The van der Waals surface area contributed by atoms with E-state index < -0.39 is 17.5 Å². The Labute approximate surface area is 201 Å². The summed E-state index contributed by atoms with van der Waals surface area (Å²) in [6, 6.07) is 0. The highest BCUT2D eigenvalue weighted by atomic mass is 16.4. The van der Waals surface area contributed by atoms with Gasteiger partial charge >= 0.3 is 5.97 Å². The van der Waals surface area contributed by atoms with E-state index in [0.29, 0.717) is 23.7 Å². The lowest BCUT2D eigenvalue weighted by atomic mass is 9.33. The van der Waals surface area contributed by atoms with Crippen LogP contribution in [0.5, 0.6) is 0 Å². The summed E-state index contributed by atoms with van der Waals surface area (Å²) in [5.74, 6) is 1.96. The van der Waals surface area contributed by atoms with Crippen LogP contribution >= 0.6 is 0 Å². The molecule has 0 radical (unpaired) electrons. The smallest absolute Gasteiger partial charge is 0.312 e. The SMILES string of the molecule is C[C@H]1[C@H](C)CC[C@]2(C)CC[C@]3(C)C(=CC[C@@H]4[C@@]5(C)CC[C@H](O)[C@](C)(C(=O)O)[C@H]5CC[C@]43C)[C@H]12. The van der Waals surface area contributed by atoms with Crippen LogP contribution in [0.3, 0.4) is 0 Å². The number of hydrogen-bond donors (Lipinski definition) is 2. The topological polar surface area (TPSA) is 57.5 Å². The molecule has 0 bridgehead atoms. The van der Waals surface area contributed by atoms with Gasteiger partial charge in [0, 0.05) is 0 Å². The Morgan fingerprint density at radius 3 is 2.27 bits per heavy atom. The van der Waals surface area contributed by atoms with Gasteiger partial charge in [0.2, 0.25) is 0 Å². The first-order valence-corrected chi connectivity index (χ1v) is 13.9. The molecular weight excluding hydrogens is 408 g/mol. The fourth-order valence-corrected chi connectivity index (χ4v) is 10.8. The number of aliphatic hydroxyl groups excluding tert-OH is 1. The second-order valence-electron chi connectivity index (χ2n) is 14.4. The number of aliphatic carboxylic acids is 1. The maximum atomic E-state index is 12.5. The van der Waals surface area contributed by atoms with Gasteiger partial charge in [0.25, 0.3) is 0 Å². The molecule has 0 aromatic rings. The van der Waals surface area contributed by atoms with Gasteiger partial charge in [0.1, 0.15) is 0 Å². The minimum absolute atomic E-state index is 0.0311. The summed E-state index contributed by atoms with van der Waals surface area (Å²) in [5.41, 5.74) is 1.56. The number of aliphatic hydroxyl groups is 1. The summed E-state index contributed by atoms with van der Waals surface area (Å²) in [5, 5.41) is 21.1. The molecular formula is C30H48O3. The Hall–Kier alpha value is -0.830. The summed E-state index contributed by atoms with van der Waals surface area (Å²) in [4.78, 5) is 12.5. The zero-order valence-electron chi connectivity index (χ0n) is 22.2. The van der Waals surface area contributed by atoms with Gasteiger partial charge in [-0.15, -0.1) is 0 Å². The highest BCUT2D eigenvalue weighted by Crippen LogP contribution is 2.75. The van der Waals surface area contributed by atoms with Crippen molar-refractivity contribution in [3.05, 3.63) is 11.6 Å². The molecule has 11 atom stereocenters. The lowest BCUT2D eigenvalue weighted by molar-refractivity contribution is -0.217. The third kappa shape index (κ3) is 2.75. The molecule has 0 unspecified atom stereocenters. The number of hydrogen-bond acceptors (Lipinski definition) is 2. The maximum Gasteiger partial charge on any atom is 0.312 e. The molecule has 0 aromatic heterocycles.